The highest BCUT2D eigenvalue weighted by Crippen LogP contribution is 2.26. The number of aryl methyl sites for hydroxylation is 1. The number of hydrogen-bond donors (Lipinski definition) is 2. The topological polar surface area (TPSA) is 71.1 Å². The average molecular weight is 317 g/mol. The highest BCUT2D eigenvalue weighted by Gasteiger charge is 2.16. The van der Waals surface area contributed by atoms with Crippen molar-refractivity contribution in [3.8, 4) is 0 Å². The molecule has 2 amide bonds. The molecule has 1 aliphatic rings. The second kappa shape index (κ2) is 5.77. The maximum Gasteiger partial charge on any atom is 0.256 e. The van der Waals surface area contributed by atoms with Crippen LogP contribution in [0.2, 0.25) is 0 Å². The average Bonchev–Trinajstić information content (AvgIpc) is 2.61. The maximum atomic E-state index is 12.6. The number of anilines is 2. The zero-order valence-corrected chi connectivity index (χ0v) is 12.9. The van der Waals surface area contributed by atoms with Gasteiger partial charge in [0.05, 0.1) is 11.1 Å². The fourth-order valence-electron chi connectivity index (χ4n) is 2.95. The number of para-hydroxylation sites is 1. The Labute approximate surface area is 138 Å². The molecule has 0 atom stereocenters. The Morgan fingerprint density at radius 2 is 1.96 bits per heavy atom. The summed E-state index contributed by atoms with van der Waals surface area (Å²) < 4.78 is 0. The van der Waals surface area contributed by atoms with Gasteiger partial charge >= 0.3 is 0 Å². The van der Waals surface area contributed by atoms with Crippen molar-refractivity contribution in [1.82, 2.24) is 4.98 Å². The molecular formula is C19H15N3O2. The van der Waals surface area contributed by atoms with Gasteiger partial charge in [0.25, 0.3) is 5.91 Å². The number of amides is 2. The lowest BCUT2D eigenvalue weighted by Crippen LogP contribution is -2.19. The van der Waals surface area contributed by atoms with Crippen LogP contribution in [0.1, 0.15) is 22.3 Å². The Balaban J connectivity index is 1.63. The second-order valence-electron chi connectivity index (χ2n) is 5.75. The monoisotopic (exact) mass is 317 g/mol. The van der Waals surface area contributed by atoms with Crippen molar-refractivity contribution >= 4 is 34.1 Å². The molecule has 0 unspecified atom stereocenters. The minimum absolute atomic E-state index is 0.0301. The number of nitrogens with one attached hydrogen (secondary N) is 2. The zero-order valence-electron chi connectivity index (χ0n) is 12.9. The lowest BCUT2D eigenvalue weighted by molar-refractivity contribution is -0.116. The summed E-state index contributed by atoms with van der Waals surface area (Å²) in [6, 6.07) is 14.8. The minimum Gasteiger partial charge on any atom is -0.326 e. The molecule has 1 aliphatic heterocycles. The molecule has 0 radical (unpaired) electrons. The summed E-state index contributed by atoms with van der Waals surface area (Å²) >= 11 is 0. The molecule has 0 fully saturated rings. The molecule has 2 heterocycles. The van der Waals surface area contributed by atoms with Crippen LogP contribution in [0.5, 0.6) is 0 Å². The summed E-state index contributed by atoms with van der Waals surface area (Å²) in [4.78, 5) is 28.3. The highest BCUT2D eigenvalue weighted by molar-refractivity contribution is 6.12. The first-order valence-corrected chi connectivity index (χ1v) is 7.78. The SMILES string of the molecule is O=C1CCc2cc(NC(=O)c3ccnc4ccccc34)ccc2N1. The van der Waals surface area contributed by atoms with Crippen LogP contribution in [0.25, 0.3) is 10.9 Å². The van der Waals surface area contributed by atoms with Gasteiger partial charge in [0, 0.05) is 29.4 Å². The van der Waals surface area contributed by atoms with Gasteiger partial charge in [-0.2, -0.15) is 0 Å². The number of carbonyl (C=O) groups is 2. The number of fused-ring (bicyclic) bond motifs is 2. The normalized spacial score (nSPS) is 13.2. The third-order valence-corrected chi connectivity index (χ3v) is 4.15. The highest BCUT2D eigenvalue weighted by atomic mass is 16.2. The van der Waals surface area contributed by atoms with E-state index in [0.29, 0.717) is 18.4 Å². The van der Waals surface area contributed by atoms with Crippen molar-refractivity contribution in [2.75, 3.05) is 10.6 Å². The molecule has 4 rings (SSSR count). The summed E-state index contributed by atoms with van der Waals surface area (Å²) in [5, 5.41) is 6.59. The van der Waals surface area contributed by atoms with E-state index in [1.165, 1.54) is 0 Å². The Kier molecular flexibility index (Phi) is 3.46. The van der Waals surface area contributed by atoms with E-state index in [-0.39, 0.29) is 11.8 Å². The lowest BCUT2D eigenvalue weighted by atomic mass is 10.0. The van der Waals surface area contributed by atoms with Crippen molar-refractivity contribution in [3.05, 3.63) is 65.9 Å². The Bertz CT molecular complexity index is 960. The van der Waals surface area contributed by atoms with E-state index in [9.17, 15) is 9.59 Å². The van der Waals surface area contributed by atoms with Gasteiger partial charge in [-0.1, -0.05) is 18.2 Å². The number of aromatic nitrogens is 1. The van der Waals surface area contributed by atoms with E-state index in [4.69, 9.17) is 0 Å². The van der Waals surface area contributed by atoms with Crippen LogP contribution in [0, 0.1) is 0 Å². The van der Waals surface area contributed by atoms with Crippen LogP contribution in [-0.4, -0.2) is 16.8 Å². The fourth-order valence-corrected chi connectivity index (χ4v) is 2.95. The number of nitrogens with zero attached hydrogens (tertiary/aromatic N) is 1. The van der Waals surface area contributed by atoms with Gasteiger partial charge in [-0.25, -0.2) is 0 Å². The first-order chi connectivity index (χ1) is 11.7. The van der Waals surface area contributed by atoms with Gasteiger partial charge in [0.2, 0.25) is 5.91 Å². The second-order valence-corrected chi connectivity index (χ2v) is 5.75. The molecule has 5 heteroatoms. The third-order valence-electron chi connectivity index (χ3n) is 4.15. The van der Waals surface area contributed by atoms with Crippen molar-refractivity contribution in [1.29, 1.82) is 0 Å². The molecule has 0 aliphatic carbocycles. The molecule has 0 saturated heterocycles. The zero-order chi connectivity index (χ0) is 16.5. The van der Waals surface area contributed by atoms with Crippen molar-refractivity contribution in [3.63, 3.8) is 0 Å². The van der Waals surface area contributed by atoms with Crippen LogP contribution in [0.4, 0.5) is 11.4 Å². The molecule has 2 N–H and O–H groups in total. The lowest BCUT2D eigenvalue weighted by Gasteiger charge is -2.18. The first kappa shape index (κ1) is 14.4. The number of pyridine rings is 1. The van der Waals surface area contributed by atoms with Crippen LogP contribution in [0.15, 0.2) is 54.7 Å². The molecule has 0 saturated carbocycles. The number of benzene rings is 2. The predicted molar refractivity (Wildman–Crippen MR) is 93.1 cm³/mol. The largest absolute Gasteiger partial charge is 0.326 e. The van der Waals surface area contributed by atoms with Crippen LogP contribution < -0.4 is 10.6 Å². The van der Waals surface area contributed by atoms with Crippen LogP contribution >= 0.6 is 0 Å². The van der Waals surface area contributed by atoms with Gasteiger partial charge in [-0.15, -0.1) is 0 Å². The van der Waals surface area contributed by atoms with Gasteiger partial charge in [-0.05, 0) is 42.3 Å². The molecule has 118 valence electrons. The van der Waals surface area contributed by atoms with Gasteiger partial charge < -0.3 is 10.6 Å². The Hall–Kier alpha value is -3.21. The molecule has 0 bridgehead atoms. The maximum absolute atomic E-state index is 12.6. The first-order valence-electron chi connectivity index (χ1n) is 7.78. The quantitative estimate of drug-likeness (QED) is 0.761. The molecule has 0 spiro atoms. The fraction of sp³-hybridized carbons (Fsp3) is 0.105. The summed E-state index contributed by atoms with van der Waals surface area (Å²) in [7, 11) is 0. The summed E-state index contributed by atoms with van der Waals surface area (Å²) in [6.07, 6.45) is 2.79. The smallest absolute Gasteiger partial charge is 0.256 e. The summed E-state index contributed by atoms with van der Waals surface area (Å²) in [5.41, 5.74) is 3.95. The van der Waals surface area contributed by atoms with E-state index >= 15 is 0 Å². The Morgan fingerprint density at radius 1 is 1.08 bits per heavy atom. The number of carbonyl (C=O) groups excluding carboxylic acids is 2. The van der Waals surface area contributed by atoms with E-state index in [2.05, 4.69) is 15.6 Å². The predicted octanol–water partition coefficient (Wildman–Crippen LogP) is 3.37. The number of rotatable bonds is 2. The standard InChI is InChI=1S/C19H15N3O2/c23-18-8-5-12-11-13(6-7-16(12)22-18)21-19(24)15-9-10-20-17-4-2-1-3-14(15)17/h1-4,6-7,9-11H,5,8H2,(H,21,24)(H,22,23). The van der Waals surface area contributed by atoms with Gasteiger partial charge in [-0.3, -0.25) is 14.6 Å². The summed E-state index contributed by atoms with van der Waals surface area (Å²) in [5.74, 6) is -0.143. The van der Waals surface area contributed by atoms with E-state index in [0.717, 1.165) is 27.8 Å². The van der Waals surface area contributed by atoms with Gasteiger partial charge in [0.15, 0.2) is 0 Å². The van der Waals surface area contributed by atoms with E-state index < -0.39 is 0 Å². The minimum atomic E-state index is -0.173. The molecule has 2 aromatic carbocycles. The molecule has 3 aromatic rings. The van der Waals surface area contributed by atoms with Gasteiger partial charge in [0.1, 0.15) is 0 Å². The summed E-state index contributed by atoms with van der Waals surface area (Å²) in [6.45, 7) is 0. The van der Waals surface area contributed by atoms with Crippen LogP contribution in [-0.2, 0) is 11.2 Å². The van der Waals surface area contributed by atoms with E-state index in [1.54, 1.807) is 18.3 Å². The molecule has 24 heavy (non-hydrogen) atoms. The van der Waals surface area contributed by atoms with E-state index in [1.807, 2.05) is 36.4 Å². The number of hydrogen-bond acceptors (Lipinski definition) is 3. The third kappa shape index (κ3) is 2.60. The molecule has 5 nitrogen and oxygen atoms in total. The Morgan fingerprint density at radius 3 is 2.88 bits per heavy atom. The molecular weight excluding hydrogens is 302 g/mol. The van der Waals surface area contributed by atoms with Crippen molar-refractivity contribution in [2.24, 2.45) is 0 Å². The van der Waals surface area contributed by atoms with Crippen molar-refractivity contribution in [2.45, 2.75) is 12.8 Å². The van der Waals surface area contributed by atoms with Crippen molar-refractivity contribution < 1.29 is 9.59 Å². The molecule has 1 aromatic heterocycles. The van der Waals surface area contributed by atoms with Crippen LogP contribution in [0.3, 0.4) is 0 Å².